The topological polar surface area (TPSA) is 112 Å². The fourth-order valence-electron chi connectivity index (χ4n) is 3.72. The van der Waals surface area contributed by atoms with Crippen LogP contribution in [-0.2, 0) is 14.6 Å². The predicted octanol–water partition coefficient (Wildman–Crippen LogP) is 1.01. The summed E-state index contributed by atoms with van der Waals surface area (Å²) in [4.78, 5) is 33.7. The summed E-state index contributed by atoms with van der Waals surface area (Å²) in [6, 6.07) is 0.987. The molecule has 27 heavy (non-hydrogen) atoms. The molecule has 2 aliphatic heterocycles. The molecule has 3 heterocycles. The van der Waals surface area contributed by atoms with Gasteiger partial charge in [-0.05, 0) is 38.0 Å². The van der Waals surface area contributed by atoms with E-state index < -0.39 is 15.9 Å². The minimum atomic E-state index is -2.99. The first-order valence-corrected chi connectivity index (χ1v) is 11.4. The van der Waals surface area contributed by atoms with Crippen LogP contribution < -0.4 is 15.8 Å². The van der Waals surface area contributed by atoms with E-state index in [-0.39, 0.29) is 35.3 Å². The van der Waals surface area contributed by atoms with Crippen molar-refractivity contribution in [1.82, 2.24) is 15.3 Å². The van der Waals surface area contributed by atoms with Crippen LogP contribution in [0.15, 0.2) is 10.9 Å². The lowest BCUT2D eigenvalue weighted by Crippen LogP contribution is -2.36. The van der Waals surface area contributed by atoms with E-state index in [1.54, 1.807) is 6.92 Å². The van der Waals surface area contributed by atoms with Gasteiger partial charge in [-0.1, -0.05) is 6.92 Å². The number of aromatic nitrogens is 2. The van der Waals surface area contributed by atoms with Crippen LogP contribution in [-0.4, -0.2) is 48.9 Å². The summed E-state index contributed by atoms with van der Waals surface area (Å²) >= 11 is 0. The molecule has 2 saturated heterocycles. The number of amides is 1. The summed E-state index contributed by atoms with van der Waals surface area (Å²) < 4.78 is 23.1. The highest BCUT2D eigenvalue weighted by atomic mass is 32.2. The third-order valence-corrected chi connectivity index (χ3v) is 7.29. The molecule has 2 fully saturated rings. The highest BCUT2D eigenvalue weighted by molar-refractivity contribution is 7.91. The smallest absolute Gasteiger partial charge is 0.252 e. The second kappa shape index (κ2) is 8.00. The van der Waals surface area contributed by atoms with Crippen molar-refractivity contribution in [1.29, 1.82) is 0 Å². The number of nitrogens with one attached hydrogen (secondary N) is 2. The Morgan fingerprint density at radius 2 is 2.07 bits per heavy atom. The van der Waals surface area contributed by atoms with Crippen LogP contribution in [0.25, 0.3) is 0 Å². The highest BCUT2D eigenvalue weighted by Crippen LogP contribution is 2.23. The second-order valence-corrected chi connectivity index (χ2v) is 10.2. The quantitative estimate of drug-likeness (QED) is 0.768. The molecular weight excluding hydrogens is 368 g/mol. The molecule has 0 saturated carbocycles. The summed E-state index contributed by atoms with van der Waals surface area (Å²) in [5.41, 5.74) is 0.274. The molecule has 1 aromatic rings. The molecule has 1 aromatic heterocycles. The van der Waals surface area contributed by atoms with Gasteiger partial charge in [0.25, 0.3) is 5.56 Å². The van der Waals surface area contributed by atoms with Crippen molar-refractivity contribution >= 4 is 21.7 Å². The Morgan fingerprint density at radius 1 is 1.37 bits per heavy atom. The number of hydrogen-bond acceptors (Lipinski definition) is 6. The lowest BCUT2D eigenvalue weighted by Gasteiger charge is -2.31. The molecule has 3 rings (SSSR count). The maximum absolute atomic E-state index is 12.3. The molecule has 2 N–H and O–H groups in total. The lowest BCUT2D eigenvalue weighted by molar-refractivity contribution is -0.122. The van der Waals surface area contributed by atoms with Gasteiger partial charge >= 0.3 is 0 Å². The molecule has 2 aliphatic rings. The molecule has 0 unspecified atom stereocenters. The van der Waals surface area contributed by atoms with Crippen LogP contribution in [0, 0.1) is 11.8 Å². The van der Waals surface area contributed by atoms with Gasteiger partial charge in [-0.3, -0.25) is 14.6 Å². The van der Waals surface area contributed by atoms with Gasteiger partial charge in [0.15, 0.2) is 9.84 Å². The van der Waals surface area contributed by atoms with Crippen molar-refractivity contribution < 1.29 is 13.2 Å². The summed E-state index contributed by atoms with van der Waals surface area (Å²) in [7, 11) is -2.99. The minimum absolute atomic E-state index is 0.0790. The van der Waals surface area contributed by atoms with Gasteiger partial charge in [-0.2, -0.15) is 0 Å². The number of anilines is 1. The number of sulfone groups is 1. The fraction of sp³-hybridized carbons (Fsp3) is 0.722. The van der Waals surface area contributed by atoms with Gasteiger partial charge in [-0.25, -0.2) is 13.4 Å². The Labute approximate surface area is 159 Å². The Kier molecular flexibility index (Phi) is 5.88. The van der Waals surface area contributed by atoms with Crippen molar-refractivity contribution in [2.75, 3.05) is 29.5 Å². The first-order chi connectivity index (χ1) is 12.7. The maximum Gasteiger partial charge on any atom is 0.252 e. The van der Waals surface area contributed by atoms with Crippen LogP contribution >= 0.6 is 0 Å². The highest BCUT2D eigenvalue weighted by Gasteiger charge is 2.30. The van der Waals surface area contributed by atoms with Crippen molar-refractivity contribution in [3.05, 3.63) is 22.1 Å². The fourth-order valence-corrected chi connectivity index (χ4v) is 5.59. The predicted molar refractivity (Wildman–Crippen MR) is 103 cm³/mol. The van der Waals surface area contributed by atoms with E-state index in [1.165, 1.54) is 6.07 Å². The third-order valence-electron chi connectivity index (χ3n) is 5.45. The number of H-pyrrole nitrogens is 1. The zero-order valence-corrected chi connectivity index (χ0v) is 16.7. The largest absolute Gasteiger partial charge is 0.348 e. The molecule has 0 aliphatic carbocycles. The molecule has 2 atom stereocenters. The Hall–Kier alpha value is -1.90. The number of hydrogen-bond donors (Lipinski definition) is 2. The van der Waals surface area contributed by atoms with Gasteiger partial charge in [0, 0.05) is 25.6 Å². The van der Waals surface area contributed by atoms with Crippen LogP contribution in [0.5, 0.6) is 0 Å². The van der Waals surface area contributed by atoms with E-state index in [0.717, 1.165) is 25.9 Å². The first-order valence-electron chi connectivity index (χ1n) is 9.58. The number of carbonyl (C=O) groups is 1. The molecule has 1 amide bonds. The Bertz CT molecular complexity index is 843. The summed E-state index contributed by atoms with van der Waals surface area (Å²) in [5.74, 6) is 1.13. The normalized spacial score (nSPS) is 23.9. The van der Waals surface area contributed by atoms with Crippen LogP contribution in [0.4, 0.5) is 5.95 Å². The second-order valence-electron chi connectivity index (χ2n) is 7.93. The number of rotatable bonds is 5. The van der Waals surface area contributed by atoms with Gasteiger partial charge in [-0.15, -0.1) is 0 Å². The SMILES string of the molecule is CC1CCN(c2nc([C@H](C)NC(=O)C[C@H]3CCS(=O)(=O)C3)cc(=O)[nH]2)CC1. The van der Waals surface area contributed by atoms with Crippen LogP contribution in [0.3, 0.4) is 0 Å². The van der Waals surface area contributed by atoms with E-state index in [9.17, 15) is 18.0 Å². The molecule has 8 nitrogen and oxygen atoms in total. The van der Waals surface area contributed by atoms with E-state index in [2.05, 4.69) is 27.1 Å². The Balaban J connectivity index is 1.63. The number of piperidine rings is 1. The Morgan fingerprint density at radius 3 is 2.70 bits per heavy atom. The third kappa shape index (κ3) is 5.31. The van der Waals surface area contributed by atoms with Crippen molar-refractivity contribution in [3.8, 4) is 0 Å². The summed E-state index contributed by atoms with van der Waals surface area (Å²) in [6.45, 7) is 5.71. The molecule has 0 aromatic carbocycles. The van der Waals surface area contributed by atoms with Gasteiger partial charge < -0.3 is 10.2 Å². The average Bonchev–Trinajstić information content (AvgIpc) is 2.93. The molecular formula is C18H28N4O4S. The van der Waals surface area contributed by atoms with E-state index in [0.29, 0.717) is 24.0 Å². The molecule has 9 heteroatoms. The van der Waals surface area contributed by atoms with Gasteiger partial charge in [0.2, 0.25) is 11.9 Å². The van der Waals surface area contributed by atoms with Crippen LogP contribution in [0.2, 0.25) is 0 Å². The monoisotopic (exact) mass is 396 g/mol. The van der Waals surface area contributed by atoms with Gasteiger partial charge in [0.05, 0.1) is 23.2 Å². The molecule has 0 spiro atoms. The van der Waals surface area contributed by atoms with E-state index >= 15 is 0 Å². The molecule has 0 bridgehead atoms. The van der Waals surface area contributed by atoms with Crippen LogP contribution in [0.1, 0.15) is 51.3 Å². The van der Waals surface area contributed by atoms with E-state index in [4.69, 9.17) is 0 Å². The molecule has 150 valence electrons. The number of nitrogens with zero attached hydrogens (tertiary/aromatic N) is 2. The zero-order chi connectivity index (χ0) is 19.6. The number of carbonyl (C=O) groups excluding carboxylic acids is 1. The van der Waals surface area contributed by atoms with Gasteiger partial charge in [0.1, 0.15) is 0 Å². The summed E-state index contributed by atoms with van der Waals surface area (Å²) in [5, 5.41) is 2.85. The van der Waals surface area contributed by atoms with Crippen molar-refractivity contribution in [2.24, 2.45) is 11.8 Å². The summed E-state index contributed by atoms with van der Waals surface area (Å²) in [6.07, 6.45) is 2.84. The zero-order valence-electron chi connectivity index (χ0n) is 15.9. The maximum atomic E-state index is 12.3. The van der Waals surface area contributed by atoms with E-state index in [1.807, 2.05) is 0 Å². The first kappa shape index (κ1) is 19.9. The standard InChI is InChI=1S/C18H28N4O4S/c1-12-3-6-22(7-4-12)18-20-15(10-17(24)21-18)13(2)19-16(23)9-14-5-8-27(25,26)11-14/h10,12-14H,3-9,11H2,1-2H3,(H,19,23)(H,20,21,24)/t13-,14+/m0/s1. The number of aromatic amines is 1. The van der Waals surface area contributed by atoms with Crippen molar-refractivity contribution in [3.63, 3.8) is 0 Å². The minimum Gasteiger partial charge on any atom is -0.348 e. The lowest BCUT2D eigenvalue weighted by atomic mass is 10.00. The van der Waals surface area contributed by atoms with Crippen molar-refractivity contribution in [2.45, 2.75) is 45.6 Å². The average molecular weight is 397 g/mol. The molecule has 0 radical (unpaired) electrons.